The maximum Gasteiger partial charge on any atom is 0.253 e. The topological polar surface area (TPSA) is 60.9 Å². The molecule has 0 atom stereocenters. The second-order valence-electron chi connectivity index (χ2n) is 8.40. The van der Waals surface area contributed by atoms with Gasteiger partial charge in [0.05, 0.1) is 4.90 Å². The van der Waals surface area contributed by atoms with E-state index in [1.165, 1.54) is 12.8 Å². The second-order valence-corrected chi connectivity index (χ2v) is 10.3. The Hall–Kier alpha value is -2.22. The molecule has 0 spiro atoms. The summed E-state index contributed by atoms with van der Waals surface area (Å²) in [6.07, 6.45) is 4.58. The molecular weight excluding hydrogens is 410 g/mol. The normalized spacial score (nSPS) is 19.2. The largest absolute Gasteiger partial charge is 0.339 e. The summed E-state index contributed by atoms with van der Waals surface area (Å²) >= 11 is 0. The summed E-state index contributed by atoms with van der Waals surface area (Å²) in [7, 11) is -3.44. The van der Waals surface area contributed by atoms with E-state index < -0.39 is 10.0 Å². The van der Waals surface area contributed by atoms with Crippen LogP contribution in [0.2, 0.25) is 0 Å². The van der Waals surface area contributed by atoms with E-state index in [1.54, 1.807) is 28.6 Å². The van der Waals surface area contributed by atoms with Crippen molar-refractivity contribution in [3.8, 4) is 0 Å². The Balaban J connectivity index is 1.36. The third-order valence-electron chi connectivity index (χ3n) is 6.19. The number of hydrogen-bond donors (Lipinski definition) is 0. The number of carbonyl (C=O) groups is 1. The van der Waals surface area contributed by atoms with Gasteiger partial charge in [0.2, 0.25) is 10.0 Å². The highest BCUT2D eigenvalue weighted by Gasteiger charge is 2.28. The zero-order chi connectivity index (χ0) is 21.7. The molecule has 0 N–H and O–H groups in total. The third kappa shape index (κ3) is 5.34. The summed E-state index contributed by atoms with van der Waals surface area (Å²) in [6.45, 7) is 4.72. The van der Waals surface area contributed by atoms with Gasteiger partial charge in [-0.3, -0.25) is 9.69 Å². The van der Waals surface area contributed by atoms with E-state index in [9.17, 15) is 13.2 Å². The van der Waals surface area contributed by atoms with Crippen molar-refractivity contribution in [2.24, 2.45) is 0 Å². The molecule has 0 unspecified atom stereocenters. The van der Waals surface area contributed by atoms with Crippen LogP contribution in [0.1, 0.15) is 41.6 Å². The summed E-state index contributed by atoms with van der Waals surface area (Å²) in [5.74, 6) is 0.127. The van der Waals surface area contributed by atoms with E-state index in [1.807, 2.05) is 35.2 Å². The fourth-order valence-corrected chi connectivity index (χ4v) is 5.83. The number of carbonyl (C=O) groups excluding carboxylic acids is 1. The van der Waals surface area contributed by atoms with Crippen molar-refractivity contribution >= 4 is 15.9 Å². The quantitative estimate of drug-likeness (QED) is 0.715. The van der Waals surface area contributed by atoms with Crippen molar-refractivity contribution < 1.29 is 13.2 Å². The van der Waals surface area contributed by atoms with Gasteiger partial charge in [0.25, 0.3) is 5.91 Å². The molecule has 2 fully saturated rings. The zero-order valence-corrected chi connectivity index (χ0v) is 18.8. The first-order chi connectivity index (χ1) is 15.0. The number of sulfonamides is 1. The minimum absolute atomic E-state index is 0.127. The molecule has 0 aromatic heterocycles. The summed E-state index contributed by atoms with van der Waals surface area (Å²) in [5, 5.41) is 0. The standard InChI is InChI=1S/C24H31N3O3S/c28-24(26-13-6-1-2-7-14-26)22-10-8-9-21(19-22)20-25-15-17-27(18-16-25)31(29,30)23-11-4-3-5-12-23/h3-5,8-12,19H,1-2,6-7,13-18,20H2. The summed E-state index contributed by atoms with van der Waals surface area (Å²) in [6, 6.07) is 16.5. The Morgan fingerprint density at radius 1 is 0.774 bits per heavy atom. The maximum absolute atomic E-state index is 12.9. The molecule has 2 heterocycles. The first-order valence-corrected chi connectivity index (χ1v) is 12.6. The van der Waals surface area contributed by atoms with Gasteiger partial charge in [-0.05, 0) is 42.7 Å². The molecule has 2 aromatic rings. The fourth-order valence-electron chi connectivity index (χ4n) is 4.39. The van der Waals surface area contributed by atoms with E-state index in [-0.39, 0.29) is 5.91 Å². The highest BCUT2D eigenvalue weighted by Crippen LogP contribution is 2.19. The first kappa shape index (κ1) is 22.0. The second kappa shape index (κ2) is 9.94. The molecule has 2 aliphatic rings. The van der Waals surface area contributed by atoms with E-state index in [0.29, 0.717) is 31.1 Å². The molecule has 0 aliphatic carbocycles. The Labute approximate surface area is 185 Å². The van der Waals surface area contributed by atoms with Crippen LogP contribution in [0, 0.1) is 0 Å². The molecule has 1 amide bonds. The molecule has 6 nitrogen and oxygen atoms in total. The maximum atomic E-state index is 12.9. The minimum atomic E-state index is -3.44. The van der Waals surface area contributed by atoms with Crippen molar-refractivity contribution in [1.82, 2.24) is 14.1 Å². The van der Waals surface area contributed by atoms with Crippen molar-refractivity contribution in [2.75, 3.05) is 39.3 Å². The lowest BCUT2D eigenvalue weighted by Gasteiger charge is -2.34. The predicted molar refractivity (Wildman–Crippen MR) is 121 cm³/mol. The lowest BCUT2D eigenvalue weighted by molar-refractivity contribution is 0.0761. The summed E-state index contributed by atoms with van der Waals surface area (Å²) in [4.78, 5) is 17.5. The van der Waals surface area contributed by atoms with Crippen LogP contribution in [-0.2, 0) is 16.6 Å². The molecule has 31 heavy (non-hydrogen) atoms. The van der Waals surface area contributed by atoms with Crippen LogP contribution in [0.4, 0.5) is 0 Å². The molecule has 7 heteroatoms. The Kier molecular flexibility index (Phi) is 7.05. The highest BCUT2D eigenvalue weighted by molar-refractivity contribution is 7.89. The van der Waals surface area contributed by atoms with Crippen molar-refractivity contribution in [2.45, 2.75) is 37.1 Å². The van der Waals surface area contributed by atoms with Gasteiger partial charge in [0.15, 0.2) is 0 Å². The van der Waals surface area contributed by atoms with Crippen molar-refractivity contribution in [1.29, 1.82) is 0 Å². The van der Waals surface area contributed by atoms with Crippen LogP contribution in [0.5, 0.6) is 0 Å². The van der Waals surface area contributed by atoms with Crippen molar-refractivity contribution in [3.05, 3.63) is 65.7 Å². The van der Waals surface area contributed by atoms with Gasteiger partial charge in [-0.25, -0.2) is 8.42 Å². The molecule has 2 aliphatic heterocycles. The number of benzene rings is 2. The van der Waals surface area contributed by atoms with Gasteiger partial charge >= 0.3 is 0 Å². The van der Waals surface area contributed by atoms with Gasteiger partial charge in [-0.15, -0.1) is 0 Å². The molecule has 0 bridgehead atoms. The van der Waals surface area contributed by atoms with Crippen LogP contribution < -0.4 is 0 Å². The molecule has 166 valence electrons. The Morgan fingerprint density at radius 2 is 1.45 bits per heavy atom. The number of amides is 1. The molecule has 2 aromatic carbocycles. The Morgan fingerprint density at radius 3 is 2.13 bits per heavy atom. The molecular formula is C24H31N3O3S. The van der Waals surface area contributed by atoms with Crippen LogP contribution in [0.25, 0.3) is 0 Å². The van der Waals surface area contributed by atoms with Gasteiger partial charge in [-0.2, -0.15) is 4.31 Å². The molecule has 2 saturated heterocycles. The lowest BCUT2D eigenvalue weighted by atomic mass is 10.1. The zero-order valence-electron chi connectivity index (χ0n) is 17.9. The monoisotopic (exact) mass is 441 g/mol. The summed E-state index contributed by atoms with van der Waals surface area (Å²) < 4.78 is 27.2. The third-order valence-corrected chi connectivity index (χ3v) is 8.10. The van der Waals surface area contributed by atoms with Gasteiger partial charge in [0, 0.05) is 51.4 Å². The van der Waals surface area contributed by atoms with Gasteiger partial charge in [-0.1, -0.05) is 43.2 Å². The Bertz CT molecular complexity index is 978. The van der Waals surface area contributed by atoms with Crippen LogP contribution >= 0.6 is 0 Å². The van der Waals surface area contributed by atoms with E-state index in [2.05, 4.69) is 4.90 Å². The number of hydrogen-bond acceptors (Lipinski definition) is 4. The SMILES string of the molecule is O=C(c1cccc(CN2CCN(S(=O)(=O)c3ccccc3)CC2)c1)N1CCCCCC1. The molecule has 4 rings (SSSR count). The predicted octanol–water partition coefficient (Wildman–Crippen LogP) is 3.21. The average molecular weight is 442 g/mol. The van der Waals surface area contributed by atoms with Gasteiger partial charge < -0.3 is 4.90 Å². The summed E-state index contributed by atoms with van der Waals surface area (Å²) in [5.41, 5.74) is 1.85. The number of piperazine rings is 1. The fraction of sp³-hybridized carbons (Fsp3) is 0.458. The van der Waals surface area contributed by atoms with Gasteiger partial charge in [0.1, 0.15) is 0 Å². The van der Waals surface area contributed by atoms with Crippen LogP contribution in [-0.4, -0.2) is 67.7 Å². The lowest BCUT2D eigenvalue weighted by Crippen LogP contribution is -2.48. The number of likely N-dealkylation sites (tertiary alicyclic amines) is 1. The van der Waals surface area contributed by atoms with E-state index >= 15 is 0 Å². The highest BCUT2D eigenvalue weighted by atomic mass is 32.2. The number of rotatable bonds is 5. The van der Waals surface area contributed by atoms with Crippen molar-refractivity contribution in [3.63, 3.8) is 0 Å². The van der Waals surface area contributed by atoms with Crippen LogP contribution in [0.3, 0.4) is 0 Å². The van der Waals surface area contributed by atoms with E-state index in [4.69, 9.17) is 0 Å². The van der Waals surface area contributed by atoms with E-state index in [0.717, 1.165) is 43.6 Å². The minimum Gasteiger partial charge on any atom is -0.339 e. The smallest absolute Gasteiger partial charge is 0.253 e. The average Bonchev–Trinajstić information content (AvgIpc) is 3.09. The molecule has 0 saturated carbocycles. The first-order valence-electron chi connectivity index (χ1n) is 11.2. The van der Waals surface area contributed by atoms with Crippen LogP contribution in [0.15, 0.2) is 59.5 Å². The molecule has 0 radical (unpaired) electrons. The number of nitrogens with zero attached hydrogens (tertiary/aromatic N) is 3.